The average molecular weight is 403 g/mol. The van der Waals surface area contributed by atoms with Crippen LogP contribution in [0.1, 0.15) is 29.8 Å². The van der Waals surface area contributed by atoms with Gasteiger partial charge in [0.1, 0.15) is 5.65 Å². The van der Waals surface area contributed by atoms with Crippen LogP contribution in [-0.4, -0.2) is 49.0 Å². The van der Waals surface area contributed by atoms with Crippen molar-refractivity contribution >= 4 is 28.0 Å². The van der Waals surface area contributed by atoms with E-state index in [1.54, 1.807) is 0 Å². The number of hydrogen-bond acceptors (Lipinski definition) is 4. The number of benzene rings is 1. The van der Waals surface area contributed by atoms with Crippen molar-refractivity contribution in [3.05, 3.63) is 47.7 Å². The first-order valence-corrected chi connectivity index (χ1v) is 10.5. The predicted octanol–water partition coefficient (Wildman–Crippen LogP) is 2.96. The molecule has 0 bridgehead atoms. The summed E-state index contributed by atoms with van der Waals surface area (Å²) in [6, 6.07) is 10.2. The molecule has 154 valence electrons. The molecule has 0 aliphatic carbocycles. The molecule has 0 radical (unpaired) electrons. The van der Waals surface area contributed by atoms with E-state index in [0.717, 1.165) is 57.7 Å². The van der Waals surface area contributed by atoms with Gasteiger partial charge in [0, 0.05) is 49.9 Å². The summed E-state index contributed by atoms with van der Waals surface area (Å²) in [4.78, 5) is 24.3. The number of carbonyl (C=O) groups is 1. The van der Waals surface area contributed by atoms with E-state index < -0.39 is 0 Å². The zero-order valence-corrected chi connectivity index (χ0v) is 17.6. The predicted molar refractivity (Wildman–Crippen MR) is 118 cm³/mol. The van der Waals surface area contributed by atoms with Gasteiger partial charge in [-0.2, -0.15) is 0 Å². The van der Waals surface area contributed by atoms with Gasteiger partial charge in [-0.3, -0.25) is 4.79 Å². The van der Waals surface area contributed by atoms with Crippen LogP contribution in [0.5, 0.6) is 0 Å². The van der Waals surface area contributed by atoms with Crippen molar-refractivity contribution in [2.45, 2.75) is 32.9 Å². The highest BCUT2D eigenvalue weighted by molar-refractivity contribution is 6.00. The molecule has 1 aromatic carbocycles. The molecule has 5 rings (SSSR count). The van der Waals surface area contributed by atoms with Crippen molar-refractivity contribution in [3.63, 3.8) is 0 Å². The van der Waals surface area contributed by atoms with E-state index in [1.807, 2.05) is 37.2 Å². The van der Waals surface area contributed by atoms with Crippen LogP contribution in [0, 0.1) is 0 Å². The number of fused-ring (bicyclic) bond motifs is 3. The fraction of sp³-hybridized carbons (Fsp3) is 0.348. The van der Waals surface area contributed by atoms with Crippen LogP contribution >= 0.6 is 0 Å². The van der Waals surface area contributed by atoms with Crippen molar-refractivity contribution in [3.8, 4) is 11.5 Å². The molecule has 30 heavy (non-hydrogen) atoms. The van der Waals surface area contributed by atoms with Crippen LogP contribution < -0.4 is 5.73 Å². The maximum absolute atomic E-state index is 13.0. The van der Waals surface area contributed by atoms with Gasteiger partial charge in [-0.1, -0.05) is 0 Å². The molecule has 0 unspecified atom stereocenters. The SMILES string of the molecule is CCn1c(-c2nc3cc4c(cc3n2C)CCN(C[C@@H](C)N)C4=O)cc2cccnc21. The number of imidazole rings is 1. The summed E-state index contributed by atoms with van der Waals surface area (Å²) < 4.78 is 4.31. The van der Waals surface area contributed by atoms with Gasteiger partial charge < -0.3 is 19.8 Å². The first-order valence-electron chi connectivity index (χ1n) is 10.5. The molecular weight excluding hydrogens is 376 g/mol. The van der Waals surface area contributed by atoms with Gasteiger partial charge in [0.05, 0.1) is 16.7 Å². The largest absolute Gasteiger partial charge is 0.337 e. The lowest BCUT2D eigenvalue weighted by molar-refractivity contribution is 0.0732. The van der Waals surface area contributed by atoms with Gasteiger partial charge >= 0.3 is 0 Å². The number of amides is 1. The Hall–Kier alpha value is -3.19. The Morgan fingerprint density at radius 1 is 1.27 bits per heavy atom. The molecule has 1 atom stereocenters. The molecule has 3 aromatic heterocycles. The van der Waals surface area contributed by atoms with Crippen molar-refractivity contribution in [1.82, 2.24) is 24.0 Å². The molecule has 0 saturated carbocycles. The van der Waals surface area contributed by atoms with E-state index in [9.17, 15) is 4.79 Å². The summed E-state index contributed by atoms with van der Waals surface area (Å²) in [7, 11) is 2.04. The van der Waals surface area contributed by atoms with Crippen LogP contribution in [0.3, 0.4) is 0 Å². The minimum absolute atomic E-state index is 0.0368. The third kappa shape index (κ3) is 2.81. The zero-order valence-electron chi connectivity index (χ0n) is 17.6. The highest BCUT2D eigenvalue weighted by atomic mass is 16.2. The maximum atomic E-state index is 13.0. The standard InChI is InChI=1S/C23H26N6O/c1-4-29-20(11-16-6-5-8-25-21(16)29)22-26-18-12-17-15(10-19(18)27(22)3)7-9-28(23(17)30)13-14(2)24/h5-6,8,10-12,14H,4,7,9,13,24H2,1-3H3/t14-/m1/s1. The fourth-order valence-corrected chi connectivity index (χ4v) is 4.56. The third-order valence-corrected chi connectivity index (χ3v) is 5.98. The molecule has 0 fully saturated rings. The Balaban J connectivity index is 1.65. The summed E-state index contributed by atoms with van der Waals surface area (Å²) in [6.45, 7) is 6.14. The summed E-state index contributed by atoms with van der Waals surface area (Å²) in [6.07, 6.45) is 2.66. The summed E-state index contributed by atoms with van der Waals surface area (Å²) >= 11 is 0. The molecular formula is C23H26N6O. The second-order valence-electron chi connectivity index (χ2n) is 8.16. The topological polar surface area (TPSA) is 82.0 Å². The van der Waals surface area contributed by atoms with Crippen molar-refractivity contribution in [1.29, 1.82) is 0 Å². The first kappa shape index (κ1) is 18.8. The van der Waals surface area contributed by atoms with E-state index >= 15 is 0 Å². The van der Waals surface area contributed by atoms with E-state index in [-0.39, 0.29) is 11.9 Å². The van der Waals surface area contributed by atoms with Crippen molar-refractivity contribution < 1.29 is 4.79 Å². The number of pyridine rings is 1. The lowest BCUT2D eigenvalue weighted by Gasteiger charge is -2.29. The Kier molecular flexibility index (Phi) is 4.36. The molecule has 4 heterocycles. The van der Waals surface area contributed by atoms with E-state index in [1.165, 1.54) is 0 Å². The van der Waals surface area contributed by atoms with Gasteiger partial charge in [-0.25, -0.2) is 9.97 Å². The molecule has 0 spiro atoms. The number of rotatable bonds is 4. The normalized spacial score (nSPS) is 15.2. The number of aryl methyl sites for hydroxylation is 2. The monoisotopic (exact) mass is 402 g/mol. The van der Waals surface area contributed by atoms with E-state index in [4.69, 9.17) is 10.7 Å². The van der Waals surface area contributed by atoms with Gasteiger partial charge in [-0.15, -0.1) is 0 Å². The van der Waals surface area contributed by atoms with Gasteiger partial charge in [0.25, 0.3) is 5.91 Å². The summed E-state index contributed by atoms with van der Waals surface area (Å²) in [5.74, 6) is 0.932. The lowest BCUT2D eigenvalue weighted by atomic mass is 9.97. The minimum Gasteiger partial charge on any atom is -0.337 e. The van der Waals surface area contributed by atoms with E-state index in [0.29, 0.717) is 13.1 Å². The van der Waals surface area contributed by atoms with Gasteiger partial charge in [0.15, 0.2) is 5.82 Å². The van der Waals surface area contributed by atoms with Crippen LogP contribution in [0.4, 0.5) is 0 Å². The van der Waals surface area contributed by atoms with Crippen LogP contribution in [0.25, 0.3) is 33.6 Å². The Bertz CT molecular complexity index is 1280. The Morgan fingerprint density at radius 3 is 2.87 bits per heavy atom. The first-order chi connectivity index (χ1) is 14.5. The quantitative estimate of drug-likeness (QED) is 0.569. The zero-order chi connectivity index (χ0) is 21.0. The molecule has 7 nitrogen and oxygen atoms in total. The Labute approximate surface area is 175 Å². The number of nitrogens with zero attached hydrogens (tertiary/aromatic N) is 5. The smallest absolute Gasteiger partial charge is 0.254 e. The molecule has 7 heteroatoms. The summed E-state index contributed by atoms with van der Waals surface area (Å²) in [5, 5.41) is 1.10. The van der Waals surface area contributed by atoms with E-state index in [2.05, 4.69) is 39.2 Å². The number of carbonyl (C=O) groups excluding carboxylic acids is 1. The maximum Gasteiger partial charge on any atom is 0.254 e. The highest BCUT2D eigenvalue weighted by Gasteiger charge is 2.27. The molecule has 1 aliphatic heterocycles. The number of aromatic nitrogens is 4. The van der Waals surface area contributed by atoms with Crippen LogP contribution in [0.15, 0.2) is 36.5 Å². The van der Waals surface area contributed by atoms with Crippen molar-refractivity contribution in [2.24, 2.45) is 12.8 Å². The van der Waals surface area contributed by atoms with Gasteiger partial charge in [-0.05, 0) is 56.2 Å². The van der Waals surface area contributed by atoms with Crippen LogP contribution in [0.2, 0.25) is 0 Å². The van der Waals surface area contributed by atoms with Crippen molar-refractivity contribution in [2.75, 3.05) is 13.1 Å². The third-order valence-electron chi connectivity index (χ3n) is 5.98. The highest BCUT2D eigenvalue weighted by Crippen LogP contribution is 2.31. The number of nitrogens with two attached hydrogens (primary N) is 1. The summed E-state index contributed by atoms with van der Waals surface area (Å²) in [5.41, 5.74) is 11.6. The fourth-order valence-electron chi connectivity index (χ4n) is 4.56. The molecule has 0 saturated heterocycles. The second-order valence-corrected chi connectivity index (χ2v) is 8.16. The molecule has 1 amide bonds. The lowest BCUT2D eigenvalue weighted by Crippen LogP contribution is -2.43. The Morgan fingerprint density at radius 2 is 2.10 bits per heavy atom. The minimum atomic E-state index is -0.0368. The second kappa shape index (κ2) is 6.95. The molecule has 1 aliphatic rings. The number of hydrogen-bond donors (Lipinski definition) is 1. The van der Waals surface area contributed by atoms with Gasteiger partial charge in [0.2, 0.25) is 0 Å². The average Bonchev–Trinajstić information content (AvgIpc) is 3.26. The molecule has 4 aromatic rings. The van der Waals surface area contributed by atoms with Crippen LogP contribution in [-0.2, 0) is 20.0 Å². The molecule has 2 N–H and O–H groups in total.